The maximum Gasteiger partial charge on any atom is 0.433 e. The van der Waals surface area contributed by atoms with Crippen molar-refractivity contribution in [2.24, 2.45) is 0 Å². The van der Waals surface area contributed by atoms with Crippen LogP contribution in [-0.4, -0.2) is 30.6 Å². The summed E-state index contributed by atoms with van der Waals surface area (Å²) >= 11 is 0. The SMILES string of the molecule is O=C(NC1CC(S(=O)(=O)c2cccc(C(F)(F)F)c2)C1)c1ccc(C(F)(F)F)nc1. The minimum Gasteiger partial charge on any atom is -0.349 e. The number of rotatable bonds is 4. The van der Waals surface area contributed by atoms with E-state index in [0.717, 1.165) is 30.5 Å². The van der Waals surface area contributed by atoms with Gasteiger partial charge in [-0.2, -0.15) is 26.3 Å². The first-order valence-electron chi connectivity index (χ1n) is 8.54. The number of halogens is 6. The third kappa shape index (κ3) is 4.58. The number of hydrogen-bond acceptors (Lipinski definition) is 4. The minimum atomic E-state index is -4.68. The summed E-state index contributed by atoms with van der Waals surface area (Å²) in [5.74, 6) is -0.726. The fraction of sp³-hybridized carbons (Fsp3) is 0.333. The normalized spacial score (nSPS) is 19.8. The third-order valence-electron chi connectivity index (χ3n) is 4.67. The number of aromatic nitrogens is 1. The molecule has 1 fully saturated rings. The number of benzene rings is 1. The zero-order valence-corrected chi connectivity index (χ0v) is 15.8. The highest BCUT2D eigenvalue weighted by atomic mass is 32.2. The molecule has 0 spiro atoms. The molecule has 12 heteroatoms. The van der Waals surface area contributed by atoms with Crippen LogP contribution in [0.5, 0.6) is 0 Å². The van der Waals surface area contributed by atoms with Crippen molar-refractivity contribution < 1.29 is 39.6 Å². The molecular weight excluding hydrogens is 438 g/mol. The van der Waals surface area contributed by atoms with E-state index in [0.29, 0.717) is 12.1 Å². The molecule has 3 rings (SSSR count). The lowest BCUT2D eigenvalue weighted by Gasteiger charge is -2.35. The lowest BCUT2D eigenvalue weighted by atomic mass is 9.92. The average molecular weight is 452 g/mol. The Hall–Kier alpha value is -2.63. The average Bonchev–Trinajstić information content (AvgIpc) is 2.62. The van der Waals surface area contributed by atoms with Crippen molar-refractivity contribution in [3.8, 4) is 0 Å². The molecule has 0 atom stereocenters. The fourth-order valence-corrected chi connectivity index (χ4v) is 4.86. The molecule has 2 aromatic rings. The number of hydrogen-bond donors (Lipinski definition) is 1. The van der Waals surface area contributed by atoms with E-state index in [1.165, 1.54) is 0 Å². The molecule has 1 aromatic carbocycles. The van der Waals surface area contributed by atoms with Crippen LogP contribution in [0.25, 0.3) is 0 Å². The summed E-state index contributed by atoms with van der Waals surface area (Å²) in [6, 6.07) is 4.42. The number of nitrogens with one attached hydrogen (secondary N) is 1. The molecule has 1 aromatic heterocycles. The Labute approximate surface area is 167 Å². The van der Waals surface area contributed by atoms with E-state index >= 15 is 0 Å². The smallest absolute Gasteiger partial charge is 0.349 e. The maximum atomic E-state index is 12.8. The molecule has 5 nitrogen and oxygen atoms in total. The largest absolute Gasteiger partial charge is 0.433 e. The highest BCUT2D eigenvalue weighted by molar-refractivity contribution is 7.92. The molecule has 1 aliphatic rings. The fourth-order valence-electron chi connectivity index (χ4n) is 2.94. The Morgan fingerprint density at radius 2 is 1.67 bits per heavy atom. The summed E-state index contributed by atoms with van der Waals surface area (Å²) in [6.45, 7) is 0. The van der Waals surface area contributed by atoms with E-state index in [4.69, 9.17) is 0 Å². The van der Waals surface area contributed by atoms with Gasteiger partial charge in [0.2, 0.25) is 0 Å². The number of carbonyl (C=O) groups is 1. The van der Waals surface area contributed by atoms with E-state index in [9.17, 15) is 39.6 Å². The second-order valence-electron chi connectivity index (χ2n) is 6.76. The second-order valence-corrected chi connectivity index (χ2v) is 8.99. The molecule has 30 heavy (non-hydrogen) atoms. The summed E-state index contributed by atoms with van der Waals surface area (Å²) in [5.41, 5.74) is -2.37. The topological polar surface area (TPSA) is 76.1 Å². The van der Waals surface area contributed by atoms with Gasteiger partial charge in [0.1, 0.15) is 5.69 Å². The molecule has 0 saturated heterocycles. The van der Waals surface area contributed by atoms with E-state index in [1.807, 2.05) is 0 Å². The van der Waals surface area contributed by atoms with Crippen LogP contribution >= 0.6 is 0 Å². The number of pyridine rings is 1. The molecule has 1 amide bonds. The summed E-state index contributed by atoms with van der Waals surface area (Å²) in [4.78, 5) is 14.8. The molecular formula is C18H14F6N2O3S. The second kappa shape index (κ2) is 7.56. The molecule has 1 heterocycles. The van der Waals surface area contributed by atoms with Gasteiger partial charge in [-0.15, -0.1) is 0 Å². The minimum absolute atomic E-state index is 0.0294. The number of amides is 1. The summed E-state index contributed by atoms with van der Waals surface area (Å²) in [6.07, 6.45) is -8.63. The van der Waals surface area contributed by atoms with Crippen LogP contribution < -0.4 is 5.32 Å². The first-order chi connectivity index (χ1) is 13.8. The quantitative estimate of drug-likeness (QED) is 0.715. The lowest BCUT2D eigenvalue weighted by molar-refractivity contribution is -0.141. The number of sulfone groups is 1. The molecule has 1 aliphatic carbocycles. The monoisotopic (exact) mass is 452 g/mol. The molecule has 162 valence electrons. The van der Waals surface area contributed by atoms with Crippen LogP contribution in [-0.2, 0) is 22.2 Å². The molecule has 0 bridgehead atoms. The summed E-state index contributed by atoms with van der Waals surface area (Å²) < 4.78 is 101. The highest BCUT2D eigenvalue weighted by Gasteiger charge is 2.41. The van der Waals surface area contributed by atoms with Crippen molar-refractivity contribution in [2.45, 2.75) is 41.4 Å². The first kappa shape index (κ1) is 22.1. The zero-order valence-electron chi connectivity index (χ0n) is 15.0. The van der Waals surface area contributed by atoms with Gasteiger partial charge < -0.3 is 5.32 Å². The van der Waals surface area contributed by atoms with Gasteiger partial charge in [-0.05, 0) is 43.2 Å². The number of alkyl halides is 6. The molecule has 1 N–H and O–H groups in total. The van der Waals surface area contributed by atoms with Crippen LogP contribution in [0.4, 0.5) is 26.3 Å². The standard InChI is InChI=1S/C18H14F6N2O3S/c19-17(20,21)11-2-1-3-13(6-11)30(28,29)14-7-12(8-14)26-16(27)10-4-5-15(25-9-10)18(22,23)24/h1-6,9,12,14H,7-8H2,(H,26,27). The zero-order chi connectivity index (χ0) is 22.3. The van der Waals surface area contributed by atoms with Crippen LogP contribution in [0.3, 0.4) is 0 Å². The Balaban J connectivity index is 1.62. The number of carbonyl (C=O) groups excluding carboxylic acids is 1. The van der Waals surface area contributed by atoms with Gasteiger partial charge in [0.25, 0.3) is 5.91 Å². The lowest BCUT2D eigenvalue weighted by Crippen LogP contribution is -2.49. The Morgan fingerprint density at radius 1 is 1.00 bits per heavy atom. The van der Waals surface area contributed by atoms with E-state index in [-0.39, 0.29) is 18.4 Å². The Kier molecular flexibility index (Phi) is 5.56. The van der Waals surface area contributed by atoms with Crippen LogP contribution in [0.1, 0.15) is 34.5 Å². The van der Waals surface area contributed by atoms with Crippen LogP contribution in [0.15, 0.2) is 47.5 Å². The van der Waals surface area contributed by atoms with Crippen LogP contribution in [0, 0.1) is 0 Å². The summed E-state index contributed by atoms with van der Waals surface area (Å²) in [7, 11) is -4.03. The number of nitrogens with zero attached hydrogens (tertiary/aromatic N) is 1. The van der Waals surface area contributed by atoms with Gasteiger partial charge in [0.15, 0.2) is 9.84 Å². The van der Waals surface area contributed by atoms with Gasteiger partial charge in [0, 0.05) is 12.2 Å². The molecule has 0 unspecified atom stereocenters. The van der Waals surface area contributed by atoms with E-state index in [1.54, 1.807) is 0 Å². The van der Waals surface area contributed by atoms with Crippen LogP contribution in [0.2, 0.25) is 0 Å². The van der Waals surface area contributed by atoms with E-state index < -0.39 is 55.5 Å². The van der Waals surface area contributed by atoms with Crippen molar-refractivity contribution in [3.63, 3.8) is 0 Å². The van der Waals surface area contributed by atoms with Gasteiger partial charge >= 0.3 is 12.4 Å². The molecule has 1 saturated carbocycles. The van der Waals surface area contributed by atoms with E-state index in [2.05, 4.69) is 10.3 Å². The van der Waals surface area contributed by atoms with Gasteiger partial charge in [-0.25, -0.2) is 8.42 Å². The first-order valence-corrected chi connectivity index (χ1v) is 10.1. The molecule has 0 aliphatic heterocycles. The van der Waals surface area contributed by atoms with Gasteiger partial charge in [-0.3, -0.25) is 9.78 Å². The predicted octanol–water partition coefficient (Wildman–Crippen LogP) is 3.85. The highest BCUT2D eigenvalue weighted by Crippen LogP contribution is 2.35. The Morgan fingerprint density at radius 3 is 2.20 bits per heavy atom. The van der Waals surface area contributed by atoms with Crippen molar-refractivity contribution in [3.05, 3.63) is 59.4 Å². The van der Waals surface area contributed by atoms with Crippen molar-refractivity contribution >= 4 is 15.7 Å². The predicted molar refractivity (Wildman–Crippen MR) is 92.1 cm³/mol. The van der Waals surface area contributed by atoms with Gasteiger partial charge in [0.05, 0.1) is 21.3 Å². The summed E-state index contributed by atoms with van der Waals surface area (Å²) in [5, 5.41) is 1.50. The van der Waals surface area contributed by atoms with Crippen molar-refractivity contribution in [1.29, 1.82) is 0 Å². The molecule has 0 radical (unpaired) electrons. The maximum absolute atomic E-state index is 12.8. The third-order valence-corrected chi connectivity index (χ3v) is 6.85. The Bertz CT molecular complexity index is 1040. The van der Waals surface area contributed by atoms with Gasteiger partial charge in [-0.1, -0.05) is 6.07 Å². The van der Waals surface area contributed by atoms with Crippen molar-refractivity contribution in [1.82, 2.24) is 10.3 Å². The van der Waals surface area contributed by atoms with Crippen molar-refractivity contribution in [2.75, 3.05) is 0 Å².